The van der Waals surface area contributed by atoms with E-state index in [-0.39, 0.29) is 5.41 Å². The van der Waals surface area contributed by atoms with Gasteiger partial charge in [0.2, 0.25) is 0 Å². The highest BCUT2D eigenvalue weighted by atomic mass is 16.1. The first-order valence-corrected chi connectivity index (χ1v) is 7.02. The van der Waals surface area contributed by atoms with E-state index in [0.717, 1.165) is 37.7 Å². The fraction of sp³-hybridized carbons (Fsp3) is 0.688. The fourth-order valence-electron chi connectivity index (χ4n) is 3.52. The molecular weight excluding hydrogens is 208 g/mol. The fourth-order valence-corrected chi connectivity index (χ4v) is 3.52. The number of carbonyl (C=O) groups is 1. The Balaban J connectivity index is 2.30. The Morgan fingerprint density at radius 2 is 2.06 bits per heavy atom. The van der Waals surface area contributed by atoms with E-state index in [1.54, 1.807) is 0 Å². The average molecular weight is 232 g/mol. The quantitative estimate of drug-likeness (QED) is 0.651. The van der Waals surface area contributed by atoms with Gasteiger partial charge < -0.3 is 0 Å². The zero-order chi connectivity index (χ0) is 12.3. The van der Waals surface area contributed by atoms with Gasteiger partial charge >= 0.3 is 0 Å². The summed E-state index contributed by atoms with van der Waals surface area (Å²) in [5.41, 5.74) is 2.45. The number of Topliss-reactive ketones (excluding diaryl/α,β-unsaturated/α-hetero) is 1. The minimum atomic E-state index is -0.148. The Hall–Kier alpha value is -0.850. The monoisotopic (exact) mass is 232 g/mol. The normalized spacial score (nSPS) is 29.9. The van der Waals surface area contributed by atoms with Crippen molar-refractivity contribution in [2.24, 2.45) is 5.41 Å². The maximum absolute atomic E-state index is 12.5. The van der Waals surface area contributed by atoms with Crippen molar-refractivity contribution in [3.8, 4) is 0 Å². The van der Waals surface area contributed by atoms with E-state index in [0.29, 0.717) is 5.78 Å². The third-order valence-electron chi connectivity index (χ3n) is 4.30. The molecule has 0 aromatic rings. The molecule has 17 heavy (non-hydrogen) atoms. The molecule has 1 unspecified atom stereocenters. The molecule has 2 aliphatic rings. The Kier molecular flexibility index (Phi) is 3.86. The molecule has 2 rings (SSSR count). The van der Waals surface area contributed by atoms with Gasteiger partial charge in [0.1, 0.15) is 5.78 Å². The van der Waals surface area contributed by atoms with E-state index in [1.807, 2.05) is 0 Å². The van der Waals surface area contributed by atoms with Crippen molar-refractivity contribution < 1.29 is 4.79 Å². The van der Waals surface area contributed by atoms with Crippen molar-refractivity contribution in [2.45, 2.75) is 64.7 Å². The van der Waals surface area contributed by atoms with Crippen LogP contribution in [-0.4, -0.2) is 5.78 Å². The van der Waals surface area contributed by atoms with Gasteiger partial charge in [0.05, 0.1) is 5.41 Å². The van der Waals surface area contributed by atoms with Crippen molar-refractivity contribution in [1.82, 2.24) is 0 Å². The van der Waals surface area contributed by atoms with E-state index in [2.05, 4.69) is 19.6 Å². The van der Waals surface area contributed by atoms with E-state index < -0.39 is 0 Å². The number of allylic oxidation sites excluding steroid dienone is 3. The zero-order valence-electron chi connectivity index (χ0n) is 11.1. The van der Waals surface area contributed by atoms with Crippen LogP contribution in [0.15, 0.2) is 23.8 Å². The molecule has 0 aromatic carbocycles. The molecule has 0 N–H and O–H groups in total. The maximum Gasteiger partial charge on any atom is 0.143 e. The third-order valence-corrected chi connectivity index (χ3v) is 4.30. The van der Waals surface area contributed by atoms with Crippen LogP contribution in [0.1, 0.15) is 64.7 Å². The van der Waals surface area contributed by atoms with Crippen LogP contribution >= 0.6 is 0 Å². The van der Waals surface area contributed by atoms with Gasteiger partial charge in [-0.05, 0) is 51.9 Å². The molecule has 1 atom stereocenters. The van der Waals surface area contributed by atoms with Gasteiger partial charge in [-0.1, -0.05) is 23.6 Å². The summed E-state index contributed by atoms with van der Waals surface area (Å²) in [6, 6.07) is 0. The smallest absolute Gasteiger partial charge is 0.143 e. The van der Waals surface area contributed by atoms with Crippen molar-refractivity contribution in [1.29, 1.82) is 0 Å². The second kappa shape index (κ2) is 5.20. The van der Waals surface area contributed by atoms with Crippen LogP contribution in [0.3, 0.4) is 0 Å². The summed E-state index contributed by atoms with van der Waals surface area (Å²) in [7, 11) is 0. The van der Waals surface area contributed by atoms with Crippen LogP contribution in [0, 0.1) is 5.41 Å². The second-order valence-electron chi connectivity index (χ2n) is 5.82. The van der Waals surface area contributed by atoms with Gasteiger partial charge in [0.15, 0.2) is 0 Å². The van der Waals surface area contributed by atoms with Gasteiger partial charge in [-0.15, -0.1) is 6.58 Å². The molecular formula is C16H24O. The number of rotatable bonds is 3. The number of hydrogen-bond acceptors (Lipinski definition) is 1. The molecule has 1 saturated carbocycles. The van der Waals surface area contributed by atoms with Gasteiger partial charge in [0.25, 0.3) is 0 Å². The molecule has 1 heteroatoms. The third kappa shape index (κ3) is 2.53. The van der Waals surface area contributed by atoms with Crippen molar-refractivity contribution in [3.05, 3.63) is 23.8 Å². The van der Waals surface area contributed by atoms with E-state index in [9.17, 15) is 4.79 Å². The molecule has 0 aliphatic heterocycles. The van der Waals surface area contributed by atoms with Crippen molar-refractivity contribution in [3.63, 3.8) is 0 Å². The summed E-state index contributed by atoms with van der Waals surface area (Å²) in [4.78, 5) is 12.5. The standard InChI is InChI=1S/C16H24O/c1-13(2)12-16(11-7-6-10-15(16)17)14-8-4-3-5-9-14/h8H,1,3-7,9-12H2,2H3. The van der Waals surface area contributed by atoms with E-state index in [1.165, 1.54) is 31.3 Å². The van der Waals surface area contributed by atoms with E-state index in [4.69, 9.17) is 0 Å². The number of hydrogen-bond donors (Lipinski definition) is 0. The topological polar surface area (TPSA) is 17.1 Å². The van der Waals surface area contributed by atoms with Gasteiger partial charge in [0, 0.05) is 6.42 Å². The Labute approximate surface area is 105 Å². The SMILES string of the molecule is C=C(C)CC1(C2=CCCCC2)CCCCC1=O. The molecule has 0 amide bonds. The Morgan fingerprint density at radius 1 is 1.29 bits per heavy atom. The van der Waals surface area contributed by atoms with Crippen LogP contribution in [-0.2, 0) is 4.79 Å². The predicted octanol–water partition coefficient (Wildman–Crippen LogP) is 4.58. The summed E-state index contributed by atoms with van der Waals surface area (Å²) >= 11 is 0. The van der Waals surface area contributed by atoms with Crippen LogP contribution in [0.2, 0.25) is 0 Å². The van der Waals surface area contributed by atoms with Crippen LogP contribution < -0.4 is 0 Å². The molecule has 0 heterocycles. The van der Waals surface area contributed by atoms with Gasteiger partial charge in [-0.25, -0.2) is 0 Å². The molecule has 0 aromatic heterocycles. The minimum absolute atomic E-state index is 0.148. The summed E-state index contributed by atoms with van der Waals surface area (Å²) < 4.78 is 0. The minimum Gasteiger partial charge on any atom is -0.299 e. The van der Waals surface area contributed by atoms with Crippen LogP contribution in [0.5, 0.6) is 0 Å². The maximum atomic E-state index is 12.5. The summed E-state index contributed by atoms with van der Waals surface area (Å²) in [6.45, 7) is 6.11. The molecule has 0 bridgehead atoms. The van der Waals surface area contributed by atoms with Gasteiger partial charge in [-0.2, -0.15) is 0 Å². The molecule has 94 valence electrons. The lowest BCUT2D eigenvalue weighted by atomic mass is 9.63. The predicted molar refractivity (Wildman–Crippen MR) is 71.9 cm³/mol. The zero-order valence-corrected chi connectivity index (χ0v) is 11.1. The Bertz CT molecular complexity index is 351. The van der Waals surface area contributed by atoms with Crippen molar-refractivity contribution >= 4 is 5.78 Å². The summed E-state index contributed by atoms with van der Waals surface area (Å²) in [6.07, 6.45) is 12.2. The van der Waals surface area contributed by atoms with E-state index >= 15 is 0 Å². The van der Waals surface area contributed by atoms with Gasteiger partial charge in [-0.3, -0.25) is 4.79 Å². The summed E-state index contributed by atoms with van der Waals surface area (Å²) in [5.74, 6) is 0.486. The highest BCUT2D eigenvalue weighted by Gasteiger charge is 2.42. The first kappa shape index (κ1) is 12.6. The lowest BCUT2D eigenvalue weighted by Gasteiger charge is -2.39. The molecule has 1 nitrogen and oxygen atoms in total. The lowest BCUT2D eigenvalue weighted by Crippen LogP contribution is -2.37. The molecule has 2 aliphatic carbocycles. The molecule has 1 fully saturated rings. The second-order valence-corrected chi connectivity index (χ2v) is 5.82. The molecule has 0 radical (unpaired) electrons. The van der Waals surface area contributed by atoms with Crippen LogP contribution in [0.25, 0.3) is 0 Å². The highest BCUT2D eigenvalue weighted by molar-refractivity contribution is 5.89. The average Bonchev–Trinajstić information content (AvgIpc) is 2.33. The number of carbonyl (C=O) groups excluding carboxylic acids is 1. The molecule has 0 spiro atoms. The lowest BCUT2D eigenvalue weighted by molar-refractivity contribution is -0.129. The molecule has 0 saturated heterocycles. The van der Waals surface area contributed by atoms with Crippen molar-refractivity contribution in [2.75, 3.05) is 0 Å². The number of ketones is 1. The summed E-state index contributed by atoms with van der Waals surface area (Å²) in [5, 5.41) is 0. The first-order valence-electron chi connectivity index (χ1n) is 7.02. The first-order chi connectivity index (χ1) is 8.15. The highest BCUT2D eigenvalue weighted by Crippen LogP contribution is 2.47. The largest absolute Gasteiger partial charge is 0.299 e. The van der Waals surface area contributed by atoms with Crippen LogP contribution in [0.4, 0.5) is 0 Å². The Morgan fingerprint density at radius 3 is 2.65 bits per heavy atom.